The van der Waals surface area contributed by atoms with Gasteiger partial charge in [0.15, 0.2) is 0 Å². The van der Waals surface area contributed by atoms with Crippen LogP contribution in [0.15, 0.2) is 0 Å². The Morgan fingerprint density at radius 1 is 0.818 bits per heavy atom. The molecule has 0 aromatic carbocycles. The highest BCUT2D eigenvalue weighted by Crippen LogP contribution is 2.27. The van der Waals surface area contributed by atoms with E-state index in [2.05, 4.69) is 13.8 Å². The Morgan fingerprint density at radius 3 is 1.18 bits per heavy atom. The van der Waals surface area contributed by atoms with Crippen molar-refractivity contribution in [1.82, 2.24) is 0 Å². The SMILES string of the molecule is CC.CC1CCC(C)CC1.O.[HH]. The minimum atomic E-state index is 0. The smallest absolute Gasteiger partial charge is 0 e. The third-order valence-electron chi connectivity index (χ3n) is 2.30. The maximum atomic E-state index is 2.37. The van der Waals surface area contributed by atoms with Gasteiger partial charge in [-0.1, -0.05) is 53.4 Å². The first kappa shape index (κ1) is 13.5. The normalized spacial score (nSPS) is 29.5. The van der Waals surface area contributed by atoms with Gasteiger partial charge in [0.2, 0.25) is 0 Å². The van der Waals surface area contributed by atoms with Gasteiger partial charge in [-0.25, -0.2) is 0 Å². The van der Waals surface area contributed by atoms with Crippen LogP contribution in [0.1, 0.15) is 54.8 Å². The fourth-order valence-corrected chi connectivity index (χ4v) is 1.43. The summed E-state index contributed by atoms with van der Waals surface area (Å²) in [5.74, 6) is 2.04. The van der Waals surface area contributed by atoms with E-state index in [4.69, 9.17) is 0 Å². The summed E-state index contributed by atoms with van der Waals surface area (Å²) in [4.78, 5) is 0. The van der Waals surface area contributed by atoms with E-state index in [0.29, 0.717) is 0 Å². The second-order valence-electron chi connectivity index (χ2n) is 3.37. The average molecular weight is 162 g/mol. The summed E-state index contributed by atoms with van der Waals surface area (Å²) < 4.78 is 0. The van der Waals surface area contributed by atoms with Gasteiger partial charge in [-0.15, -0.1) is 0 Å². The first-order valence-electron chi connectivity index (χ1n) is 4.79. The van der Waals surface area contributed by atoms with Crippen LogP contribution in [0.2, 0.25) is 0 Å². The molecule has 0 radical (unpaired) electrons. The Kier molecular flexibility index (Phi) is 9.92. The molecule has 0 aliphatic heterocycles. The molecule has 1 nitrogen and oxygen atoms in total. The lowest BCUT2D eigenvalue weighted by Gasteiger charge is -2.22. The van der Waals surface area contributed by atoms with Gasteiger partial charge < -0.3 is 5.48 Å². The van der Waals surface area contributed by atoms with Crippen LogP contribution in [0.5, 0.6) is 0 Å². The van der Waals surface area contributed by atoms with E-state index < -0.39 is 0 Å². The van der Waals surface area contributed by atoms with E-state index in [1.165, 1.54) is 25.7 Å². The zero-order valence-corrected chi connectivity index (χ0v) is 8.48. The predicted molar refractivity (Wildman–Crippen MR) is 53.9 cm³/mol. The second-order valence-corrected chi connectivity index (χ2v) is 3.37. The Morgan fingerprint density at radius 2 is 1.00 bits per heavy atom. The summed E-state index contributed by atoms with van der Waals surface area (Å²) in [5, 5.41) is 0. The quantitative estimate of drug-likeness (QED) is 0.523. The zero-order chi connectivity index (χ0) is 7.98. The third kappa shape index (κ3) is 6.36. The van der Waals surface area contributed by atoms with Crippen molar-refractivity contribution in [1.29, 1.82) is 0 Å². The summed E-state index contributed by atoms with van der Waals surface area (Å²) in [5.41, 5.74) is 0. The van der Waals surface area contributed by atoms with Crippen LogP contribution in [0.3, 0.4) is 0 Å². The molecule has 0 bridgehead atoms. The van der Waals surface area contributed by atoms with Crippen molar-refractivity contribution in [3.63, 3.8) is 0 Å². The number of hydrogen-bond acceptors (Lipinski definition) is 0. The van der Waals surface area contributed by atoms with Crippen molar-refractivity contribution < 1.29 is 6.90 Å². The Balaban J connectivity index is -0.000000189. The fourth-order valence-electron chi connectivity index (χ4n) is 1.43. The fraction of sp³-hybridized carbons (Fsp3) is 1.00. The van der Waals surface area contributed by atoms with Crippen molar-refractivity contribution in [3.05, 3.63) is 0 Å². The van der Waals surface area contributed by atoms with Crippen LogP contribution in [-0.2, 0) is 0 Å². The monoisotopic (exact) mass is 162 g/mol. The van der Waals surface area contributed by atoms with Crippen LogP contribution in [0, 0.1) is 11.8 Å². The van der Waals surface area contributed by atoms with Gasteiger partial charge >= 0.3 is 0 Å². The molecule has 72 valence electrons. The lowest BCUT2D eigenvalue weighted by Crippen LogP contribution is -2.08. The van der Waals surface area contributed by atoms with E-state index in [1.54, 1.807) is 0 Å². The maximum Gasteiger partial charge on any atom is 0 e. The lowest BCUT2D eigenvalue weighted by atomic mass is 9.84. The highest BCUT2D eigenvalue weighted by atomic mass is 16.0. The molecule has 1 aliphatic rings. The molecule has 0 aromatic heterocycles. The molecule has 1 heteroatoms. The van der Waals surface area contributed by atoms with Crippen molar-refractivity contribution in [3.8, 4) is 0 Å². The molecule has 0 spiro atoms. The van der Waals surface area contributed by atoms with Crippen LogP contribution in [0.25, 0.3) is 0 Å². The topological polar surface area (TPSA) is 31.5 Å². The second kappa shape index (κ2) is 8.06. The largest absolute Gasteiger partial charge is 0.412 e. The van der Waals surface area contributed by atoms with Gasteiger partial charge in [0.25, 0.3) is 0 Å². The van der Waals surface area contributed by atoms with Gasteiger partial charge in [0.05, 0.1) is 0 Å². The molecule has 0 heterocycles. The van der Waals surface area contributed by atoms with Gasteiger partial charge in [0, 0.05) is 1.43 Å². The summed E-state index contributed by atoms with van der Waals surface area (Å²) in [6, 6.07) is 0. The van der Waals surface area contributed by atoms with E-state index >= 15 is 0 Å². The predicted octanol–water partition coefficient (Wildman–Crippen LogP) is 3.28. The summed E-state index contributed by atoms with van der Waals surface area (Å²) in [6.07, 6.45) is 5.89. The minimum absolute atomic E-state index is 0. The Hall–Kier alpha value is -0.0400. The summed E-state index contributed by atoms with van der Waals surface area (Å²) >= 11 is 0. The van der Waals surface area contributed by atoms with Crippen LogP contribution in [-0.4, -0.2) is 5.48 Å². The van der Waals surface area contributed by atoms with Gasteiger partial charge in [-0.3, -0.25) is 0 Å². The summed E-state index contributed by atoms with van der Waals surface area (Å²) in [6.45, 7) is 8.73. The first-order valence-corrected chi connectivity index (χ1v) is 4.79. The summed E-state index contributed by atoms with van der Waals surface area (Å²) in [7, 11) is 0. The average Bonchev–Trinajstić information content (AvgIpc) is 2.00. The lowest BCUT2D eigenvalue weighted by molar-refractivity contribution is 0.308. The van der Waals surface area contributed by atoms with E-state index in [0.717, 1.165) is 11.8 Å². The molecule has 1 fully saturated rings. The van der Waals surface area contributed by atoms with Gasteiger partial charge in [0.1, 0.15) is 0 Å². The highest BCUT2D eigenvalue weighted by molar-refractivity contribution is 4.65. The molecule has 0 saturated heterocycles. The Bertz CT molecular complexity index is 58.2. The van der Waals surface area contributed by atoms with E-state index in [1.807, 2.05) is 13.8 Å². The van der Waals surface area contributed by atoms with Crippen LogP contribution in [0.4, 0.5) is 0 Å². The van der Waals surface area contributed by atoms with Crippen LogP contribution >= 0.6 is 0 Å². The molecule has 1 rings (SSSR count). The standard InChI is InChI=1S/C8H16.C2H6.H2O.H2/c1-7-3-5-8(2)6-4-7;1-2;;/h7-8H,3-6H2,1-2H3;1-2H3;1H2;1H. The van der Waals surface area contributed by atoms with Crippen molar-refractivity contribution >= 4 is 0 Å². The zero-order valence-electron chi connectivity index (χ0n) is 8.48. The first-order chi connectivity index (χ1) is 4.79. The molecule has 1 aliphatic carbocycles. The molecule has 0 aromatic rings. The molecule has 1 saturated carbocycles. The third-order valence-corrected chi connectivity index (χ3v) is 2.30. The van der Waals surface area contributed by atoms with Crippen molar-refractivity contribution in [2.45, 2.75) is 53.4 Å². The van der Waals surface area contributed by atoms with Crippen molar-refractivity contribution in [2.75, 3.05) is 0 Å². The van der Waals surface area contributed by atoms with Crippen molar-refractivity contribution in [2.24, 2.45) is 11.8 Å². The number of hydrogen-bond donors (Lipinski definition) is 0. The molecule has 0 amide bonds. The minimum Gasteiger partial charge on any atom is -0.412 e. The molecule has 11 heavy (non-hydrogen) atoms. The molecule has 2 N–H and O–H groups in total. The van der Waals surface area contributed by atoms with Crippen LogP contribution < -0.4 is 0 Å². The molecule has 0 unspecified atom stereocenters. The van der Waals surface area contributed by atoms with Gasteiger partial charge in [-0.05, 0) is 11.8 Å². The number of rotatable bonds is 0. The van der Waals surface area contributed by atoms with E-state index in [9.17, 15) is 0 Å². The highest BCUT2D eigenvalue weighted by Gasteiger charge is 2.13. The van der Waals surface area contributed by atoms with E-state index in [-0.39, 0.29) is 6.90 Å². The van der Waals surface area contributed by atoms with Gasteiger partial charge in [-0.2, -0.15) is 0 Å². The molecular weight excluding hydrogens is 136 g/mol. The molecule has 0 atom stereocenters. The molecular formula is C10H26O. The maximum absolute atomic E-state index is 2.37. The Labute approximate surface area is 73.0 Å².